The lowest BCUT2D eigenvalue weighted by Crippen LogP contribution is -2.47. The van der Waals surface area contributed by atoms with Gasteiger partial charge in [0.1, 0.15) is 0 Å². The number of aromatic nitrogens is 3. The normalized spacial score (nSPS) is 17.9. The van der Waals surface area contributed by atoms with E-state index in [1.165, 1.54) is 5.69 Å². The molecule has 5 rings (SSSR count). The molecule has 3 aromatic rings. The summed E-state index contributed by atoms with van der Waals surface area (Å²) in [7, 11) is 0. The summed E-state index contributed by atoms with van der Waals surface area (Å²) < 4.78 is 11.8. The summed E-state index contributed by atoms with van der Waals surface area (Å²) in [4.78, 5) is 18.5. The molecule has 1 saturated heterocycles. The number of aliphatic hydroxyl groups is 1. The predicted molar refractivity (Wildman–Crippen MR) is 144 cm³/mol. The van der Waals surface area contributed by atoms with Crippen LogP contribution < -0.4 is 10.2 Å². The molecule has 0 atom stereocenters. The molecule has 0 aliphatic carbocycles. The van der Waals surface area contributed by atoms with Crippen LogP contribution in [0.2, 0.25) is 0 Å². The minimum absolute atomic E-state index is 0.198. The lowest BCUT2D eigenvalue weighted by atomic mass is 10.1. The Morgan fingerprint density at radius 1 is 0.973 bits per heavy atom. The second kappa shape index (κ2) is 12.2. The van der Waals surface area contributed by atoms with Gasteiger partial charge in [0.25, 0.3) is 0 Å². The molecule has 1 aromatic carbocycles. The number of fused-ring (bicyclic) bond motifs is 7. The maximum absolute atomic E-state index is 9.27. The molecule has 1 fully saturated rings. The van der Waals surface area contributed by atoms with Crippen LogP contribution in [0.5, 0.6) is 0 Å². The molecule has 6 bridgehead atoms. The topological polar surface area (TPSA) is 95.9 Å². The van der Waals surface area contributed by atoms with E-state index in [1.54, 1.807) is 6.20 Å². The Hall–Kier alpha value is -3.37. The quantitative estimate of drug-likeness (QED) is 0.523. The van der Waals surface area contributed by atoms with Gasteiger partial charge >= 0.3 is 0 Å². The van der Waals surface area contributed by atoms with Crippen LogP contribution in [0, 0.1) is 6.92 Å². The Kier molecular flexibility index (Phi) is 8.37. The number of anilines is 3. The molecule has 0 saturated carbocycles. The molecule has 37 heavy (non-hydrogen) atoms. The van der Waals surface area contributed by atoms with E-state index in [4.69, 9.17) is 14.5 Å². The number of pyridine rings is 1. The van der Waals surface area contributed by atoms with Crippen LogP contribution in [0.3, 0.4) is 0 Å². The Morgan fingerprint density at radius 3 is 2.59 bits per heavy atom. The molecule has 0 amide bonds. The Balaban J connectivity index is 1.44. The zero-order chi connectivity index (χ0) is 25.5. The van der Waals surface area contributed by atoms with Crippen molar-refractivity contribution in [2.45, 2.75) is 20.1 Å². The van der Waals surface area contributed by atoms with Crippen LogP contribution in [0.4, 0.5) is 17.3 Å². The first-order valence-corrected chi connectivity index (χ1v) is 12.8. The van der Waals surface area contributed by atoms with Crippen molar-refractivity contribution in [3.63, 3.8) is 0 Å². The molecule has 4 heterocycles. The minimum atomic E-state index is 0.198. The molecule has 9 heteroatoms. The molecule has 194 valence electrons. The fourth-order valence-electron chi connectivity index (χ4n) is 4.67. The number of hydrogen-bond donors (Lipinski definition) is 2. The average molecular weight is 503 g/mol. The summed E-state index contributed by atoms with van der Waals surface area (Å²) in [6.45, 7) is 8.53. The number of aryl methyl sites for hydroxylation is 1. The van der Waals surface area contributed by atoms with Crippen molar-refractivity contribution in [1.82, 2.24) is 19.9 Å². The fraction of sp³-hybridized carbons (Fsp3) is 0.393. The van der Waals surface area contributed by atoms with Crippen molar-refractivity contribution < 1.29 is 14.6 Å². The Labute approximate surface area is 217 Å². The minimum Gasteiger partial charge on any atom is -0.395 e. The van der Waals surface area contributed by atoms with Crippen LogP contribution in [0.25, 0.3) is 11.3 Å². The van der Waals surface area contributed by atoms with E-state index in [0.29, 0.717) is 32.4 Å². The highest BCUT2D eigenvalue weighted by Crippen LogP contribution is 2.29. The van der Waals surface area contributed by atoms with Crippen molar-refractivity contribution in [3.8, 4) is 11.3 Å². The zero-order valence-electron chi connectivity index (χ0n) is 21.3. The summed E-state index contributed by atoms with van der Waals surface area (Å²) in [5.74, 6) is 0.538. The van der Waals surface area contributed by atoms with Gasteiger partial charge in [-0.05, 0) is 42.8 Å². The fourth-order valence-corrected chi connectivity index (χ4v) is 4.67. The largest absolute Gasteiger partial charge is 0.395 e. The summed E-state index contributed by atoms with van der Waals surface area (Å²) >= 11 is 0. The monoisotopic (exact) mass is 502 g/mol. The third-order valence-electron chi connectivity index (χ3n) is 6.63. The van der Waals surface area contributed by atoms with Gasteiger partial charge in [0.2, 0.25) is 5.95 Å². The van der Waals surface area contributed by atoms with Gasteiger partial charge in [-0.25, -0.2) is 9.97 Å². The second-order valence-electron chi connectivity index (χ2n) is 9.28. The number of β-amino-alcohol motifs (C(OH)–C–C–N with tert-alkyl or cyclic N) is 1. The van der Waals surface area contributed by atoms with Gasteiger partial charge in [0, 0.05) is 67.6 Å². The number of benzene rings is 1. The van der Waals surface area contributed by atoms with Crippen molar-refractivity contribution in [1.29, 1.82) is 0 Å². The molecule has 2 aliphatic heterocycles. The molecule has 9 nitrogen and oxygen atoms in total. The van der Waals surface area contributed by atoms with Gasteiger partial charge in [-0.2, -0.15) is 0 Å². The van der Waals surface area contributed by atoms with E-state index in [0.717, 1.165) is 66.5 Å². The van der Waals surface area contributed by atoms with Gasteiger partial charge < -0.3 is 24.8 Å². The maximum atomic E-state index is 9.27. The van der Waals surface area contributed by atoms with Crippen molar-refractivity contribution in [2.75, 3.05) is 62.8 Å². The number of ether oxygens (including phenoxy) is 2. The van der Waals surface area contributed by atoms with Crippen LogP contribution >= 0.6 is 0 Å². The third-order valence-corrected chi connectivity index (χ3v) is 6.63. The van der Waals surface area contributed by atoms with Gasteiger partial charge in [-0.3, -0.25) is 9.88 Å². The van der Waals surface area contributed by atoms with Crippen molar-refractivity contribution >= 4 is 17.3 Å². The van der Waals surface area contributed by atoms with E-state index in [1.807, 2.05) is 37.4 Å². The number of nitrogens with one attached hydrogen (secondary N) is 1. The first-order valence-electron chi connectivity index (χ1n) is 12.8. The highest BCUT2D eigenvalue weighted by Gasteiger charge is 2.19. The van der Waals surface area contributed by atoms with E-state index < -0.39 is 0 Å². The van der Waals surface area contributed by atoms with E-state index >= 15 is 0 Å². The van der Waals surface area contributed by atoms with Gasteiger partial charge in [0.15, 0.2) is 0 Å². The third kappa shape index (κ3) is 6.50. The first-order chi connectivity index (χ1) is 18.2. The maximum Gasteiger partial charge on any atom is 0.227 e. The standard InChI is InChI=1S/C28H34N6O3/c1-21-18-30-28-31-24-4-5-26(34-10-8-33(9-11-34)12-13-35)23(17-24)19-36-14-2-3-15-37-20-25-16-22(6-7-29-25)27(21)32-28/h2-7,16-18,35H,8-15,19-20H2,1H3,(H,30,31,32)/b3-2+. The Morgan fingerprint density at radius 2 is 1.78 bits per heavy atom. The number of nitrogens with zero attached hydrogens (tertiary/aromatic N) is 5. The summed E-state index contributed by atoms with van der Waals surface area (Å²) in [6.07, 6.45) is 7.60. The summed E-state index contributed by atoms with van der Waals surface area (Å²) in [5.41, 5.74) is 6.89. The van der Waals surface area contributed by atoms with Crippen molar-refractivity contribution in [3.05, 3.63) is 71.7 Å². The molecule has 0 radical (unpaired) electrons. The van der Waals surface area contributed by atoms with Gasteiger partial charge in [-0.15, -0.1) is 0 Å². The van der Waals surface area contributed by atoms with Gasteiger partial charge in [0.05, 0.1) is 44.4 Å². The SMILES string of the molecule is Cc1cnc2nc1-c1ccnc(c1)COC/C=C/COCc1cc(ccc1N1CCN(CCO)CC1)N2. The van der Waals surface area contributed by atoms with E-state index in [2.05, 4.69) is 43.3 Å². The molecule has 2 N–H and O–H groups in total. The van der Waals surface area contributed by atoms with Crippen LogP contribution in [-0.2, 0) is 22.7 Å². The molecule has 0 unspecified atom stereocenters. The lowest BCUT2D eigenvalue weighted by Gasteiger charge is -2.36. The smallest absolute Gasteiger partial charge is 0.227 e. The number of rotatable bonds is 3. The van der Waals surface area contributed by atoms with Crippen LogP contribution in [0.15, 0.2) is 54.9 Å². The van der Waals surface area contributed by atoms with E-state index in [-0.39, 0.29) is 6.61 Å². The number of hydrogen-bond acceptors (Lipinski definition) is 9. The lowest BCUT2D eigenvalue weighted by molar-refractivity contribution is 0.139. The summed E-state index contributed by atoms with van der Waals surface area (Å²) in [5, 5.41) is 12.7. The molecular formula is C28H34N6O3. The average Bonchev–Trinajstić information content (AvgIpc) is 2.92. The number of piperazine rings is 1. The molecule has 0 spiro atoms. The first kappa shape index (κ1) is 25.3. The predicted octanol–water partition coefficient (Wildman–Crippen LogP) is 3.31. The van der Waals surface area contributed by atoms with Gasteiger partial charge in [-0.1, -0.05) is 12.2 Å². The second-order valence-corrected chi connectivity index (χ2v) is 9.28. The zero-order valence-corrected chi connectivity index (χ0v) is 21.3. The molecule has 2 aromatic heterocycles. The Bertz CT molecular complexity index is 1230. The molecule has 2 aliphatic rings. The van der Waals surface area contributed by atoms with E-state index in [9.17, 15) is 5.11 Å². The molecular weight excluding hydrogens is 468 g/mol. The van der Waals surface area contributed by atoms with Crippen LogP contribution in [0.1, 0.15) is 16.8 Å². The highest BCUT2D eigenvalue weighted by atomic mass is 16.5. The highest BCUT2D eigenvalue weighted by molar-refractivity contribution is 5.67. The number of aliphatic hydroxyl groups excluding tert-OH is 1. The van der Waals surface area contributed by atoms with Crippen molar-refractivity contribution in [2.24, 2.45) is 0 Å². The summed E-state index contributed by atoms with van der Waals surface area (Å²) in [6, 6.07) is 10.3. The van der Waals surface area contributed by atoms with Crippen LogP contribution in [-0.4, -0.2) is 77.5 Å².